The number of carbonyl (C=O) groups is 1. The highest BCUT2D eigenvalue weighted by atomic mass is 35.5. The van der Waals surface area contributed by atoms with Gasteiger partial charge in [-0.1, -0.05) is 54.1 Å². The minimum absolute atomic E-state index is 0.0596. The molecule has 1 N–H and O–H groups in total. The van der Waals surface area contributed by atoms with Crippen molar-refractivity contribution in [3.05, 3.63) is 125 Å². The maximum absolute atomic E-state index is 13.5. The standard InChI is InChI=1S/C26H22ClF2N3O/c27-24-15-22(12-13-25(24)29)30-26(33)32(17-19-5-2-1-3-6-19)18-23-7-4-14-31(23)16-20-8-10-21(28)11-9-20/h1-15H,16-18H2,(H,30,33). The van der Waals surface area contributed by atoms with E-state index < -0.39 is 5.82 Å². The van der Waals surface area contributed by atoms with Gasteiger partial charge in [-0.2, -0.15) is 0 Å². The van der Waals surface area contributed by atoms with E-state index in [-0.39, 0.29) is 16.9 Å². The van der Waals surface area contributed by atoms with E-state index in [9.17, 15) is 13.6 Å². The van der Waals surface area contributed by atoms with Gasteiger partial charge in [-0.3, -0.25) is 0 Å². The number of halogens is 3. The molecule has 0 aliphatic heterocycles. The van der Waals surface area contributed by atoms with Crippen LogP contribution < -0.4 is 5.32 Å². The van der Waals surface area contributed by atoms with Crippen LogP contribution in [0.3, 0.4) is 0 Å². The number of aromatic nitrogens is 1. The van der Waals surface area contributed by atoms with E-state index in [2.05, 4.69) is 5.32 Å². The first-order valence-corrected chi connectivity index (χ1v) is 10.8. The van der Waals surface area contributed by atoms with Crippen molar-refractivity contribution in [2.45, 2.75) is 19.6 Å². The monoisotopic (exact) mass is 465 g/mol. The first-order valence-electron chi connectivity index (χ1n) is 10.4. The van der Waals surface area contributed by atoms with Gasteiger partial charge in [-0.15, -0.1) is 0 Å². The molecule has 0 radical (unpaired) electrons. The molecule has 4 aromatic rings. The SMILES string of the molecule is O=C(Nc1ccc(F)c(Cl)c1)N(Cc1ccccc1)Cc1cccn1Cc1ccc(F)cc1. The van der Waals surface area contributed by atoms with Gasteiger partial charge in [0, 0.05) is 30.7 Å². The fourth-order valence-electron chi connectivity index (χ4n) is 3.51. The Kier molecular flexibility index (Phi) is 7.05. The highest BCUT2D eigenvalue weighted by molar-refractivity contribution is 6.31. The molecule has 4 nitrogen and oxygen atoms in total. The van der Waals surface area contributed by atoms with E-state index >= 15 is 0 Å². The highest BCUT2D eigenvalue weighted by Crippen LogP contribution is 2.21. The lowest BCUT2D eigenvalue weighted by molar-refractivity contribution is 0.205. The molecule has 0 saturated carbocycles. The minimum Gasteiger partial charge on any atom is -0.345 e. The Morgan fingerprint density at radius 2 is 1.64 bits per heavy atom. The van der Waals surface area contributed by atoms with E-state index in [4.69, 9.17) is 11.6 Å². The summed E-state index contributed by atoms with van der Waals surface area (Å²) in [5.74, 6) is -0.826. The lowest BCUT2D eigenvalue weighted by atomic mass is 10.2. The largest absolute Gasteiger partial charge is 0.345 e. The van der Waals surface area contributed by atoms with E-state index in [1.165, 1.54) is 30.3 Å². The minimum atomic E-state index is -0.547. The third-order valence-electron chi connectivity index (χ3n) is 5.22. The number of nitrogens with one attached hydrogen (secondary N) is 1. The molecule has 1 heterocycles. The Hall–Kier alpha value is -3.64. The van der Waals surface area contributed by atoms with E-state index in [0.29, 0.717) is 25.3 Å². The fourth-order valence-corrected chi connectivity index (χ4v) is 3.69. The van der Waals surface area contributed by atoms with Crippen molar-refractivity contribution >= 4 is 23.3 Å². The van der Waals surface area contributed by atoms with Crippen molar-refractivity contribution < 1.29 is 13.6 Å². The van der Waals surface area contributed by atoms with Crippen LogP contribution in [-0.2, 0) is 19.6 Å². The van der Waals surface area contributed by atoms with Crippen LogP contribution in [0.4, 0.5) is 19.3 Å². The van der Waals surface area contributed by atoms with Crippen LogP contribution in [0.25, 0.3) is 0 Å². The Balaban J connectivity index is 1.55. The maximum Gasteiger partial charge on any atom is 0.322 e. The topological polar surface area (TPSA) is 37.3 Å². The average molecular weight is 466 g/mol. The van der Waals surface area contributed by atoms with Gasteiger partial charge >= 0.3 is 6.03 Å². The van der Waals surface area contributed by atoms with Crippen LogP contribution in [0.15, 0.2) is 91.1 Å². The molecule has 0 atom stereocenters. The van der Waals surface area contributed by atoms with Crippen LogP contribution in [0, 0.1) is 11.6 Å². The molecule has 0 aliphatic carbocycles. The van der Waals surface area contributed by atoms with Crippen LogP contribution in [-0.4, -0.2) is 15.5 Å². The summed E-state index contributed by atoms with van der Waals surface area (Å²) in [5, 5.41) is 2.74. The summed E-state index contributed by atoms with van der Waals surface area (Å²) in [5.41, 5.74) is 3.25. The van der Waals surface area contributed by atoms with Crippen LogP contribution >= 0.6 is 11.6 Å². The van der Waals surface area contributed by atoms with Crippen molar-refractivity contribution in [3.8, 4) is 0 Å². The third-order valence-corrected chi connectivity index (χ3v) is 5.51. The number of benzene rings is 3. The van der Waals surface area contributed by atoms with Crippen molar-refractivity contribution in [2.75, 3.05) is 5.32 Å². The second kappa shape index (κ2) is 10.3. The van der Waals surface area contributed by atoms with Gasteiger partial charge < -0.3 is 14.8 Å². The number of anilines is 1. The molecule has 0 saturated heterocycles. The zero-order valence-corrected chi connectivity index (χ0v) is 18.5. The molecule has 168 valence electrons. The smallest absolute Gasteiger partial charge is 0.322 e. The number of nitrogens with zero attached hydrogens (tertiary/aromatic N) is 2. The summed E-state index contributed by atoms with van der Waals surface area (Å²) in [6, 6.07) is 23.6. The molecule has 1 aromatic heterocycles. The van der Waals surface area contributed by atoms with E-state index in [0.717, 1.165) is 16.8 Å². The van der Waals surface area contributed by atoms with Crippen LogP contribution in [0.5, 0.6) is 0 Å². The van der Waals surface area contributed by atoms with Gasteiger partial charge in [0.1, 0.15) is 11.6 Å². The zero-order chi connectivity index (χ0) is 23.2. The van der Waals surface area contributed by atoms with Crippen LogP contribution in [0.1, 0.15) is 16.8 Å². The molecule has 7 heteroatoms. The number of hydrogen-bond acceptors (Lipinski definition) is 1. The molecule has 3 aromatic carbocycles. The van der Waals surface area contributed by atoms with Crippen molar-refractivity contribution in [1.29, 1.82) is 0 Å². The molecule has 0 bridgehead atoms. The van der Waals surface area contributed by atoms with Gasteiger partial charge in [-0.05, 0) is 53.6 Å². The Morgan fingerprint density at radius 3 is 2.36 bits per heavy atom. The Morgan fingerprint density at radius 1 is 0.879 bits per heavy atom. The van der Waals surface area contributed by atoms with Gasteiger partial charge in [0.25, 0.3) is 0 Å². The average Bonchev–Trinajstić information content (AvgIpc) is 3.24. The number of hydrogen-bond donors (Lipinski definition) is 1. The molecule has 4 rings (SSSR count). The summed E-state index contributed by atoms with van der Waals surface area (Å²) in [6.07, 6.45) is 1.93. The summed E-state index contributed by atoms with van der Waals surface area (Å²) >= 11 is 5.86. The van der Waals surface area contributed by atoms with E-state index in [1.807, 2.05) is 53.2 Å². The zero-order valence-electron chi connectivity index (χ0n) is 17.7. The van der Waals surface area contributed by atoms with Gasteiger partial charge in [0.2, 0.25) is 0 Å². The quantitative estimate of drug-likeness (QED) is 0.324. The molecule has 0 unspecified atom stereocenters. The second-order valence-electron chi connectivity index (χ2n) is 7.65. The lowest BCUT2D eigenvalue weighted by Crippen LogP contribution is -2.34. The number of amides is 2. The number of rotatable bonds is 7. The Labute approximate surface area is 196 Å². The summed E-state index contributed by atoms with van der Waals surface area (Å²) in [7, 11) is 0. The first kappa shape index (κ1) is 22.6. The fraction of sp³-hybridized carbons (Fsp3) is 0.115. The van der Waals surface area contributed by atoms with Crippen molar-refractivity contribution in [3.63, 3.8) is 0 Å². The maximum atomic E-state index is 13.5. The van der Waals surface area contributed by atoms with Crippen molar-refractivity contribution in [2.24, 2.45) is 0 Å². The third kappa shape index (κ3) is 5.99. The summed E-state index contributed by atoms with van der Waals surface area (Å²) < 4.78 is 28.8. The summed E-state index contributed by atoms with van der Waals surface area (Å²) in [6.45, 7) is 1.27. The predicted octanol–water partition coefficient (Wildman–Crippen LogP) is 6.70. The molecule has 2 amide bonds. The van der Waals surface area contributed by atoms with Crippen molar-refractivity contribution in [1.82, 2.24) is 9.47 Å². The number of urea groups is 1. The van der Waals surface area contributed by atoms with Gasteiger partial charge in [-0.25, -0.2) is 13.6 Å². The summed E-state index contributed by atoms with van der Waals surface area (Å²) in [4.78, 5) is 14.8. The molecule has 0 fully saturated rings. The normalized spacial score (nSPS) is 10.8. The molecule has 0 aliphatic rings. The predicted molar refractivity (Wildman–Crippen MR) is 126 cm³/mol. The van der Waals surface area contributed by atoms with Gasteiger partial charge in [0.05, 0.1) is 11.6 Å². The van der Waals surface area contributed by atoms with Gasteiger partial charge in [0.15, 0.2) is 0 Å². The molecule has 33 heavy (non-hydrogen) atoms. The molecular formula is C26H22ClF2N3O. The Bertz CT molecular complexity index is 1230. The number of carbonyl (C=O) groups excluding carboxylic acids is 1. The van der Waals surface area contributed by atoms with Crippen LogP contribution in [0.2, 0.25) is 5.02 Å². The molecular weight excluding hydrogens is 444 g/mol. The second-order valence-corrected chi connectivity index (χ2v) is 8.06. The van der Waals surface area contributed by atoms with E-state index in [1.54, 1.807) is 17.0 Å². The molecule has 0 spiro atoms. The first-order chi connectivity index (χ1) is 16.0. The lowest BCUT2D eigenvalue weighted by Gasteiger charge is -2.24. The highest BCUT2D eigenvalue weighted by Gasteiger charge is 2.17.